The Kier molecular flexibility index (Phi) is 7.07. The summed E-state index contributed by atoms with van der Waals surface area (Å²) in [6, 6.07) is 11.5. The van der Waals surface area contributed by atoms with Gasteiger partial charge in [-0.25, -0.2) is 8.42 Å². The van der Waals surface area contributed by atoms with Gasteiger partial charge in [0.25, 0.3) is 0 Å². The summed E-state index contributed by atoms with van der Waals surface area (Å²) >= 11 is 0. The summed E-state index contributed by atoms with van der Waals surface area (Å²) in [6.45, 7) is 5.64. The normalized spacial score (nSPS) is 15.5. The number of aryl methyl sites for hydroxylation is 1. The Morgan fingerprint density at radius 2 is 1.65 bits per heavy atom. The van der Waals surface area contributed by atoms with Gasteiger partial charge in [-0.1, -0.05) is 12.1 Å². The maximum absolute atomic E-state index is 12.9. The number of piperazine rings is 1. The Balaban J connectivity index is 1.62. The van der Waals surface area contributed by atoms with Crippen molar-refractivity contribution in [1.82, 2.24) is 9.62 Å². The lowest BCUT2D eigenvalue weighted by Crippen LogP contribution is -2.54. The van der Waals surface area contributed by atoms with E-state index in [1.807, 2.05) is 24.3 Å². The number of carbonyl (C=O) groups excluding carboxylic acids is 1. The molecule has 3 rings (SSSR count). The van der Waals surface area contributed by atoms with E-state index >= 15 is 0 Å². The number of hydrogen-bond donors (Lipinski definition) is 1. The summed E-state index contributed by atoms with van der Waals surface area (Å²) in [7, 11) is -0.667. The lowest BCUT2D eigenvalue weighted by atomic mass is 10.2. The van der Waals surface area contributed by atoms with Crippen LogP contribution in [0.5, 0.6) is 11.5 Å². The first kappa shape index (κ1) is 22.9. The first-order valence-corrected chi connectivity index (χ1v) is 11.6. The lowest BCUT2D eigenvalue weighted by molar-refractivity contribution is -0.132. The van der Waals surface area contributed by atoms with Crippen LogP contribution in [0.2, 0.25) is 0 Å². The zero-order valence-electron chi connectivity index (χ0n) is 18.3. The first-order valence-electron chi connectivity index (χ1n) is 10.1. The fourth-order valence-electron chi connectivity index (χ4n) is 3.70. The number of carbonyl (C=O) groups is 1. The highest BCUT2D eigenvalue weighted by Gasteiger charge is 2.29. The highest BCUT2D eigenvalue weighted by atomic mass is 32.2. The molecule has 1 N–H and O–H groups in total. The van der Waals surface area contributed by atoms with Crippen LogP contribution in [0.1, 0.15) is 12.5 Å². The monoisotopic (exact) mass is 447 g/mol. The third kappa shape index (κ3) is 5.11. The number of rotatable bonds is 7. The molecular formula is C22H29N3O5S. The Hall–Kier alpha value is -2.78. The number of para-hydroxylation sites is 2. The van der Waals surface area contributed by atoms with Gasteiger partial charge < -0.3 is 19.3 Å². The average molecular weight is 448 g/mol. The molecule has 1 fully saturated rings. The first-order chi connectivity index (χ1) is 14.8. The summed E-state index contributed by atoms with van der Waals surface area (Å²) in [5.74, 6) is 1.16. The third-order valence-corrected chi connectivity index (χ3v) is 6.93. The summed E-state index contributed by atoms with van der Waals surface area (Å²) in [4.78, 5) is 16.8. The molecule has 0 bridgehead atoms. The van der Waals surface area contributed by atoms with Crippen LogP contribution in [-0.4, -0.2) is 65.7 Å². The molecule has 0 unspecified atom stereocenters. The van der Waals surface area contributed by atoms with Gasteiger partial charge in [0.1, 0.15) is 11.5 Å². The van der Waals surface area contributed by atoms with Crippen molar-refractivity contribution in [1.29, 1.82) is 0 Å². The highest BCUT2D eigenvalue weighted by Crippen LogP contribution is 2.28. The van der Waals surface area contributed by atoms with E-state index in [0.717, 1.165) is 11.4 Å². The Labute approximate surface area is 183 Å². The lowest BCUT2D eigenvalue weighted by Gasteiger charge is -2.37. The molecule has 2 aromatic rings. The molecule has 168 valence electrons. The Morgan fingerprint density at radius 3 is 2.26 bits per heavy atom. The van der Waals surface area contributed by atoms with Crippen molar-refractivity contribution in [2.24, 2.45) is 0 Å². The quantitative estimate of drug-likeness (QED) is 0.699. The van der Waals surface area contributed by atoms with E-state index in [1.165, 1.54) is 19.2 Å². The molecule has 31 heavy (non-hydrogen) atoms. The number of hydrogen-bond acceptors (Lipinski definition) is 6. The predicted octanol–water partition coefficient (Wildman–Crippen LogP) is 2.03. The zero-order chi connectivity index (χ0) is 22.6. The number of sulfonamides is 1. The van der Waals surface area contributed by atoms with Gasteiger partial charge in [0.15, 0.2) is 0 Å². The minimum absolute atomic E-state index is 0.103. The predicted molar refractivity (Wildman–Crippen MR) is 119 cm³/mol. The van der Waals surface area contributed by atoms with Crippen LogP contribution >= 0.6 is 0 Å². The molecule has 2 aromatic carbocycles. The van der Waals surface area contributed by atoms with Crippen LogP contribution in [0.25, 0.3) is 0 Å². The minimum atomic E-state index is -3.83. The van der Waals surface area contributed by atoms with E-state index in [4.69, 9.17) is 9.47 Å². The molecular weight excluding hydrogens is 418 g/mol. The van der Waals surface area contributed by atoms with Gasteiger partial charge in [0.2, 0.25) is 15.9 Å². The third-order valence-electron chi connectivity index (χ3n) is 5.40. The second kappa shape index (κ2) is 9.57. The number of methoxy groups -OCH3 is 2. The molecule has 1 atom stereocenters. The second-order valence-corrected chi connectivity index (χ2v) is 9.17. The van der Waals surface area contributed by atoms with Crippen LogP contribution < -0.4 is 19.1 Å². The highest BCUT2D eigenvalue weighted by molar-refractivity contribution is 7.89. The molecule has 0 saturated carbocycles. The number of ether oxygens (including phenoxy) is 2. The van der Waals surface area contributed by atoms with E-state index in [2.05, 4.69) is 9.62 Å². The number of benzene rings is 2. The van der Waals surface area contributed by atoms with E-state index < -0.39 is 16.1 Å². The molecule has 8 nitrogen and oxygen atoms in total. The van der Waals surface area contributed by atoms with Gasteiger partial charge in [-0.3, -0.25) is 4.79 Å². The maximum Gasteiger partial charge on any atom is 0.241 e. The van der Waals surface area contributed by atoms with Gasteiger partial charge in [0.05, 0.1) is 30.8 Å². The smallest absolute Gasteiger partial charge is 0.241 e. The molecule has 9 heteroatoms. The SMILES string of the molecule is COc1ccc(S(=O)(=O)N[C@H](C)C(=O)N2CCN(c3ccccc3OC)CC2)cc1C. The van der Waals surface area contributed by atoms with Crippen molar-refractivity contribution in [3.63, 3.8) is 0 Å². The number of anilines is 1. The van der Waals surface area contributed by atoms with Gasteiger partial charge in [0, 0.05) is 26.2 Å². The molecule has 1 heterocycles. The summed E-state index contributed by atoms with van der Waals surface area (Å²) in [5, 5.41) is 0. The largest absolute Gasteiger partial charge is 0.496 e. The number of nitrogens with one attached hydrogen (secondary N) is 1. The van der Waals surface area contributed by atoms with Gasteiger partial charge in [-0.05, 0) is 49.7 Å². The van der Waals surface area contributed by atoms with E-state index in [1.54, 1.807) is 31.9 Å². The average Bonchev–Trinajstić information content (AvgIpc) is 2.78. The molecule has 1 aliphatic rings. The van der Waals surface area contributed by atoms with Crippen LogP contribution in [0.3, 0.4) is 0 Å². The maximum atomic E-state index is 12.9. The number of amides is 1. The summed E-state index contributed by atoms with van der Waals surface area (Å²) < 4.78 is 38.6. The van der Waals surface area contributed by atoms with Gasteiger partial charge in [-0.2, -0.15) is 4.72 Å². The topological polar surface area (TPSA) is 88.2 Å². The molecule has 0 aromatic heterocycles. The van der Waals surface area contributed by atoms with Crippen molar-refractivity contribution in [3.8, 4) is 11.5 Å². The van der Waals surface area contributed by atoms with Gasteiger partial charge in [-0.15, -0.1) is 0 Å². The van der Waals surface area contributed by atoms with Crippen molar-refractivity contribution in [2.75, 3.05) is 45.3 Å². The van der Waals surface area contributed by atoms with Crippen molar-refractivity contribution >= 4 is 21.6 Å². The standard InChI is InChI=1S/C22H29N3O5S/c1-16-15-18(9-10-20(16)29-3)31(27,28)23-17(2)22(26)25-13-11-24(12-14-25)19-7-5-6-8-21(19)30-4/h5-10,15,17,23H,11-14H2,1-4H3/t17-/m1/s1. The van der Waals surface area contributed by atoms with Crippen LogP contribution in [0.4, 0.5) is 5.69 Å². The fourth-order valence-corrected chi connectivity index (χ4v) is 4.98. The molecule has 1 amide bonds. The van der Waals surface area contributed by atoms with Crippen LogP contribution in [-0.2, 0) is 14.8 Å². The minimum Gasteiger partial charge on any atom is -0.496 e. The van der Waals surface area contributed by atoms with Crippen molar-refractivity contribution in [2.45, 2.75) is 24.8 Å². The van der Waals surface area contributed by atoms with Crippen molar-refractivity contribution in [3.05, 3.63) is 48.0 Å². The molecule has 1 saturated heterocycles. The second-order valence-electron chi connectivity index (χ2n) is 7.46. The number of nitrogens with zero attached hydrogens (tertiary/aromatic N) is 2. The van der Waals surface area contributed by atoms with Crippen LogP contribution in [0.15, 0.2) is 47.4 Å². The summed E-state index contributed by atoms with van der Waals surface area (Å²) in [5.41, 5.74) is 1.69. The van der Waals surface area contributed by atoms with E-state index in [0.29, 0.717) is 37.5 Å². The van der Waals surface area contributed by atoms with Crippen LogP contribution in [0, 0.1) is 6.92 Å². The van der Waals surface area contributed by atoms with E-state index in [-0.39, 0.29) is 10.8 Å². The molecule has 0 aliphatic carbocycles. The van der Waals surface area contributed by atoms with Gasteiger partial charge >= 0.3 is 0 Å². The Morgan fingerprint density at radius 1 is 1.00 bits per heavy atom. The zero-order valence-corrected chi connectivity index (χ0v) is 19.1. The fraction of sp³-hybridized carbons (Fsp3) is 0.409. The van der Waals surface area contributed by atoms with E-state index in [9.17, 15) is 13.2 Å². The summed E-state index contributed by atoms with van der Waals surface area (Å²) in [6.07, 6.45) is 0. The molecule has 0 radical (unpaired) electrons. The molecule has 1 aliphatic heterocycles. The Bertz CT molecular complexity index is 1030. The van der Waals surface area contributed by atoms with Crippen molar-refractivity contribution < 1.29 is 22.7 Å². The molecule has 0 spiro atoms.